The van der Waals surface area contributed by atoms with E-state index in [0.717, 1.165) is 52.2 Å². The third-order valence-corrected chi connectivity index (χ3v) is 5.60. The second kappa shape index (κ2) is 10.8. The standard InChI is InChI=1S/C28H30N2O4/c1-19-16-26(20(2)15-23(19)29-12-8-14-33-21-9-6-5-7-10-21)34-25-11-13-30-24-18-28(32-4)27(31-3)17-22(24)25/h5-7,9-11,13,15-18,29H,8,12,14H2,1-4H3. The Bertz CT molecular complexity index is 1260. The number of pyridine rings is 1. The molecule has 176 valence electrons. The average Bonchev–Trinajstić information content (AvgIpc) is 2.86. The highest BCUT2D eigenvalue weighted by Gasteiger charge is 2.13. The van der Waals surface area contributed by atoms with Gasteiger partial charge in [0.2, 0.25) is 0 Å². The lowest BCUT2D eigenvalue weighted by atomic mass is 10.1. The quantitative estimate of drug-likeness (QED) is 0.272. The van der Waals surface area contributed by atoms with Crippen LogP contribution < -0.4 is 24.3 Å². The molecular formula is C28H30N2O4. The average molecular weight is 459 g/mol. The molecule has 1 aromatic heterocycles. The van der Waals surface area contributed by atoms with Gasteiger partial charge in [0.1, 0.15) is 17.2 Å². The first-order valence-corrected chi connectivity index (χ1v) is 11.3. The Labute approximate surface area is 200 Å². The maximum absolute atomic E-state index is 6.34. The number of benzene rings is 3. The number of methoxy groups -OCH3 is 2. The van der Waals surface area contributed by atoms with Gasteiger partial charge < -0.3 is 24.3 Å². The number of aromatic nitrogens is 1. The first-order chi connectivity index (χ1) is 16.6. The zero-order chi connectivity index (χ0) is 23.9. The summed E-state index contributed by atoms with van der Waals surface area (Å²) in [5.41, 5.74) is 4.03. The molecule has 34 heavy (non-hydrogen) atoms. The van der Waals surface area contributed by atoms with Crippen LogP contribution in [0.2, 0.25) is 0 Å². The van der Waals surface area contributed by atoms with Gasteiger partial charge in [0.05, 0.1) is 26.3 Å². The van der Waals surface area contributed by atoms with Crippen LogP contribution in [0.5, 0.6) is 28.7 Å². The van der Waals surface area contributed by atoms with Gasteiger partial charge in [-0.1, -0.05) is 18.2 Å². The Balaban J connectivity index is 1.44. The molecule has 0 spiro atoms. The molecule has 0 saturated heterocycles. The van der Waals surface area contributed by atoms with Crippen molar-refractivity contribution in [3.05, 3.63) is 78.0 Å². The Hall–Kier alpha value is -3.93. The van der Waals surface area contributed by atoms with Crippen molar-refractivity contribution < 1.29 is 18.9 Å². The first kappa shape index (κ1) is 23.2. The number of nitrogens with one attached hydrogen (secondary N) is 1. The largest absolute Gasteiger partial charge is 0.494 e. The number of nitrogens with zero attached hydrogens (tertiary/aromatic N) is 1. The number of aryl methyl sites for hydroxylation is 2. The predicted octanol–water partition coefficient (Wildman–Crippen LogP) is 6.54. The van der Waals surface area contributed by atoms with E-state index in [4.69, 9.17) is 18.9 Å². The van der Waals surface area contributed by atoms with E-state index in [1.165, 1.54) is 0 Å². The van der Waals surface area contributed by atoms with E-state index >= 15 is 0 Å². The van der Waals surface area contributed by atoms with Crippen molar-refractivity contribution in [2.75, 3.05) is 32.7 Å². The van der Waals surface area contributed by atoms with Gasteiger partial charge in [-0.3, -0.25) is 4.98 Å². The van der Waals surface area contributed by atoms with Crippen LogP contribution in [0.3, 0.4) is 0 Å². The SMILES string of the molecule is COc1cc2nccc(Oc3cc(C)c(NCCCOc4ccccc4)cc3C)c2cc1OC. The van der Waals surface area contributed by atoms with E-state index in [1.807, 2.05) is 55.5 Å². The summed E-state index contributed by atoms with van der Waals surface area (Å²) in [6.45, 7) is 5.61. The third kappa shape index (κ3) is 5.34. The van der Waals surface area contributed by atoms with Crippen LogP contribution in [-0.4, -0.2) is 32.4 Å². The van der Waals surface area contributed by atoms with Crippen LogP contribution in [0.1, 0.15) is 17.5 Å². The molecule has 0 amide bonds. The number of hydrogen-bond acceptors (Lipinski definition) is 6. The molecule has 0 aliphatic carbocycles. The highest BCUT2D eigenvalue weighted by Crippen LogP contribution is 2.38. The van der Waals surface area contributed by atoms with Crippen molar-refractivity contribution in [1.29, 1.82) is 0 Å². The molecule has 1 N–H and O–H groups in total. The van der Waals surface area contributed by atoms with Gasteiger partial charge in [-0.15, -0.1) is 0 Å². The minimum atomic E-state index is 0.635. The molecule has 6 nitrogen and oxygen atoms in total. The molecule has 0 atom stereocenters. The number of para-hydroxylation sites is 1. The Morgan fingerprint density at radius 1 is 0.794 bits per heavy atom. The zero-order valence-electron chi connectivity index (χ0n) is 20.1. The number of anilines is 1. The second-order valence-corrected chi connectivity index (χ2v) is 8.01. The molecule has 6 heteroatoms. The molecule has 0 bridgehead atoms. The van der Waals surface area contributed by atoms with Crippen LogP contribution in [-0.2, 0) is 0 Å². The molecule has 4 rings (SSSR count). The van der Waals surface area contributed by atoms with Gasteiger partial charge in [0.15, 0.2) is 11.5 Å². The van der Waals surface area contributed by atoms with Crippen molar-refractivity contribution in [3.63, 3.8) is 0 Å². The molecule has 0 radical (unpaired) electrons. The summed E-state index contributed by atoms with van der Waals surface area (Å²) < 4.78 is 23.0. The molecule has 0 aliphatic heterocycles. The summed E-state index contributed by atoms with van der Waals surface area (Å²) in [4.78, 5) is 4.45. The van der Waals surface area contributed by atoms with Gasteiger partial charge in [0, 0.05) is 29.9 Å². The summed E-state index contributed by atoms with van der Waals surface area (Å²) in [6, 6.07) is 19.7. The van der Waals surface area contributed by atoms with E-state index in [-0.39, 0.29) is 0 Å². The summed E-state index contributed by atoms with van der Waals surface area (Å²) in [5, 5.41) is 4.37. The molecule has 0 fully saturated rings. The van der Waals surface area contributed by atoms with Crippen LogP contribution in [0.15, 0.2) is 66.9 Å². The molecule has 0 aliphatic rings. The number of rotatable bonds is 10. The zero-order valence-corrected chi connectivity index (χ0v) is 20.1. The topological polar surface area (TPSA) is 61.8 Å². The lowest BCUT2D eigenvalue weighted by Crippen LogP contribution is -2.08. The predicted molar refractivity (Wildman–Crippen MR) is 136 cm³/mol. The minimum Gasteiger partial charge on any atom is -0.494 e. The van der Waals surface area contributed by atoms with Crippen LogP contribution in [0, 0.1) is 13.8 Å². The van der Waals surface area contributed by atoms with E-state index in [9.17, 15) is 0 Å². The Kier molecular flexibility index (Phi) is 7.38. The smallest absolute Gasteiger partial charge is 0.162 e. The molecule has 1 heterocycles. The Morgan fingerprint density at radius 3 is 2.32 bits per heavy atom. The number of fused-ring (bicyclic) bond motifs is 1. The van der Waals surface area contributed by atoms with Crippen LogP contribution in [0.4, 0.5) is 5.69 Å². The van der Waals surface area contributed by atoms with Gasteiger partial charge in [-0.25, -0.2) is 0 Å². The fourth-order valence-electron chi connectivity index (χ4n) is 3.75. The van der Waals surface area contributed by atoms with Crippen molar-refractivity contribution in [2.24, 2.45) is 0 Å². The van der Waals surface area contributed by atoms with Crippen molar-refractivity contribution in [3.8, 4) is 28.7 Å². The van der Waals surface area contributed by atoms with Gasteiger partial charge >= 0.3 is 0 Å². The minimum absolute atomic E-state index is 0.635. The van der Waals surface area contributed by atoms with Gasteiger partial charge in [-0.2, -0.15) is 0 Å². The van der Waals surface area contributed by atoms with Gasteiger partial charge in [-0.05, 0) is 67.8 Å². The van der Waals surface area contributed by atoms with Crippen molar-refractivity contribution in [1.82, 2.24) is 4.98 Å². The monoisotopic (exact) mass is 458 g/mol. The number of hydrogen-bond donors (Lipinski definition) is 1. The van der Waals surface area contributed by atoms with Crippen LogP contribution in [0.25, 0.3) is 10.9 Å². The van der Waals surface area contributed by atoms with E-state index in [0.29, 0.717) is 23.9 Å². The highest BCUT2D eigenvalue weighted by molar-refractivity contribution is 5.88. The summed E-state index contributed by atoms with van der Waals surface area (Å²) in [7, 11) is 3.23. The first-order valence-electron chi connectivity index (χ1n) is 11.3. The fourth-order valence-corrected chi connectivity index (χ4v) is 3.75. The van der Waals surface area contributed by atoms with Crippen molar-refractivity contribution in [2.45, 2.75) is 20.3 Å². The normalized spacial score (nSPS) is 10.7. The van der Waals surface area contributed by atoms with E-state index in [2.05, 4.69) is 29.4 Å². The van der Waals surface area contributed by atoms with Crippen molar-refractivity contribution >= 4 is 16.6 Å². The number of ether oxygens (including phenoxy) is 4. The molecular weight excluding hydrogens is 428 g/mol. The third-order valence-electron chi connectivity index (χ3n) is 5.60. The fraction of sp³-hybridized carbons (Fsp3) is 0.250. The summed E-state index contributed by atoms with van der Waals surface area (Å²) >= 11 is 0. The second-order valence-electron chi connectivity index (χ2n) is 8.01. The Morgan fingerprint density at radius 2 is 1.56 bits per heavy atom. The van der Waals surface area contributed by atoms with E-state index in [1.54, 1.807) is 20.4 Å². The molecule has 3 aromatic carbocycles. The molecule has 0 saturated carbocycles. The van der Waals surface area contributed by atoms with E-state index < -0.39 is 0 Å². The molecule has 4 aromatic rings. The molecule has 0 unspecified atom stereocenters. The lowest BCUT2D eigenvalue weighted by molar-refractivity contribution is 0.315. The summed E-state index contributed by atoms with van der Waals surface area (Å²) in [6.07, 6.45) is 2.64. The summed E-state index contributed by atoms with van der Waals surface area (Å²) in [5.74, 6) is 3.69. The maximum atomic E-state index is 6.34. The van der Waals surface area contributed by atoms with Crippen LogP contribution >= 0.6 is 0 Å². The highest BCUT2D eigenvalue weighted by atomic mass is 16.5. The van der Waals surface area contributed by atoms with Gasteiger partial charge in [0.25, 0.3) is 0 Å². The maximum Gasteiger partial charge on any atom is 0.162 e. The lowest BCUT2D eigenvalue weighted by Gasteiger charge is -2.16.